The van der Waals surface area contributed by atoms with Gasteiger partial charge < -0.3 is 10.1 Å². The van der Waals surface area contributed by atoms with Crippen molar-refractivity contribution < 1.29 is 4.74 Å². The van der Waals surface area contributed by atoms with Gasteiger partial charge in [-0.2, -0.15) is 0 Å². The van der Waals surface area contributed by atoms with E-state index in [9.17, 15) is 0 Å². The highest BCUT2D eigenvalue weighted by atomic mass is 35.5. The van der Waals surface area contributed by atoms with Gasteiger partial charge in [-0.25, -0.2) is 0 Å². The molecule has 0 spiro atoms. The van der Waals surface area contributed by atoms with Gasteiger partial charge >= 0.3 is 0 Å². The molecule has 0 saturated carbocycles. The highest BCUT2D eigenvalue weighted by Crippen LogP contribution is 2.24. The smallest absolute Gasteiger partial charge is 0.137 e. The Labute approximate surface area is 136 Å². The molecule has 0 aliphatic rings. The van der Waals surface area contributed by atoms with Crippen LogP contribution in [0.2, 0.25) is 10.0 Å². The summed E-state index contributed by atoms with van der Waals surface area (Å²) in [5, 5.41) is 4.91. The Balaban J connectivity index is 1.89. The zero-order valence-electron chi connectivity index (χ0n) is 12.2. The van der Waals surface area contributed by atoms with Crippen LogP contribution in [0.25, 0.3) is 0 Å². The molecule has 0 aliphatic heterocycles. The molecule has 0 aliphatic carbocycles. The second-order valence-corrected chi connectivity index (χ2v) is 5.93. The molecule has 2 aromatic carbocycles. The SMILES string of the molecule is COc1ccc(CNC(C)Cc2cccc(Cl)c2)cc1Cl. The largest absolute Gasteiger partial charge is 0.495 e. The van der Waals surface area contributed by atoms with Crippen LogP contribution in [0.3, 0.4) is 0 Å². The van der Waals surface area contributed by atoms with Gasteiger partial charge in [0.15, 0.2) is 0 Å². The monoisotopic (exact) mass is 323 g/mol. The van der Waals surface area contributed by atoms with Crippen LogP contribution in [0.5, 0.6) is 5.75 Å². The van der Waals surface area contributed by atoms with Crippen LogP contribution in [-0.2, 0) is 13.0 Å². The van der Waals surface area contributed by atoms with Crippen LogP contribution in [-0.4, -0.2) is 13.2 Å². The molecule has 2 rings (SSSR count). The molecule has 0 amide bonds. The van der Waals surface area contributed by atoms with E-state index in [1.807, 2.05) is 36.4 Å². The van der Waals surface area contributed by atoms with Gasteiger partial charge in [-0.15, -0.1) is 0 Å². The molecular formula is C17H19Cl2NO. The average molecular weight is 324 g/mol. The molecule has 112 valence electrons. The summed E-state index contributed by atoms with van der Waals surface area (Å²) in [6, 6.07) is 14.2. The van der Waals surface area contributed by atoms with Gasteiger partial charge in [0, 0.05) is 17.6 Å². The minimum atomic E-state index is 0.351. The quantitative estimate of drug-likeness (QED) is 0.830. The fourth-order valence-corrected chi connectivity index (χ4v) is 2.69. The van der Waals surface area contributed by atoms with Crippen LogP contribution in [0.1, 0.15) is 18.1 Å². The van der Waals surface area contributed by atoms with Gasteiger partial charge in [-0.05, 0) is 48.7 Å². The van der Waals surface area contributed by atoms with Crippen LogP contribution in [0, 0.1) is 0 Å². The Morgan fingerprint density at radius 2 is 1.90 bits per heavy atom. The molecule has 1 atom stereocenters. The fourth-order valence-electron chi connectivity index (χ4n) is 2.20. The summed E-state index contributed by atoms with van der Waals surface area (Å²) < 4.78 is 5.15. The predicted octanol–water partition coefficient (Wildman–Crippen LogP) is 4.72. The van der Waals surface area contributed by atoms with Crippen molar-refractivity contribution >= 4 is 23.2 Å². The van der Waals surface area contributed by atoms with Crippen molar-refractivity contribution in [2.24, 2.45) is 0 Å². The van der Waals surface area contributed by atoms with Gasteiger partial charge in [0.25, 0.3) is 0 Å². The summed E-state index contributed by atoms with van der Waals surface area (Å²) in [4.78, 5) is 0. The Bertz CT molecular complexity index is 601. The fraction of sp³-hybridized carbons (Fsp3) is 0.294. The van der Waals surface area contributed by atoms with E-state index in [1.165, 1.54) is 5.56 Å². The zero-order valence-corrected chi connectivity index (χ0v) is 13.7. The number of hydrogen-bond acceptors (Lipinski definition) is 2. The first-order chi connectivity index (χ1) is 10.1. The molecule has 0 aromatic heterocycles. The molecule has 1 unspecified atom stereocenters. The van der Waals surface area contributed by atoms with Gasteiger partial charge in [0.1, 0.15) is 5.75 Å². The molecule has 0 radical (unpaired) electrons. The molecule has 0 saturated heterocycles. The number of benzene rings is 2. The number of methoxy groups -OCH3 is 1. The number of nitrogens with one attached hydrogen (secondary N) is 1. The minimum Gasteiger partial charge on any atom is -0.495 e. The second kappa shape index (κ2) is 7.69. The van der Waals surface area contributed by atoms with E-state index in [4.69, 9.17) is 27.9 Å². The molecule has 21 heavy (non-hydrogen) atoms. The summed E-state index contributed by atoms with van der Waals surface area (Å²) in [5.41, 5.74) is 2.37. The lowest BCUT2D eigenvalue weighted by molar-refractivity contribution is 0.414. The van der Waals surface area contributed by atoms with E-state index >= 15 is 0 Å². The molecule has 0 heterocycles. The highest BCUT2D eigenvalue weighted by Gasteiger charge is 2.06. The van der Waals surface area contributed by atoms with E-state index in [1.54, 1.807) is 7.11 Å². The van der Waals surface area contributed by atoms with Crippen molar-refractivity contribution in [1.82, 2.24) is 5.32 Å². The Morgan fingerprint density at radius 3 is 2.57 bits per heavy atom. The molecule has 1 N–H and O–H groups in total. The van der Waals surface area contributed by atoms with Gasteiger partial charge in [-0.1, -0.05) is 41.4 Å². The second-order valence-electron chi connectivity index (χ2n) is 5.08. The molecular weight excluding hydrogens is 305 g/mol. The Hall–Kier alpha value is -1.22. The Kier molecular flexibility index (Phi) is 5.92. The van der Waals surface area contributed by atoms with Crippen LogP contribution in [0.4, 0.5) is 0 Å². The Morgan fingerprint density at radius 1 is 1.10 bits per heavy atom. The lowest BCUT2D eigenvalue weighted by atomic mass is 10.1. The first-order valence-corrected chi connectivity index (χ1v) is 7.64. The summed E-state index contributed by atoms with van der Waals surface area (Å²) in [7, 11) is 1.62. The zero-order chi connectivity index (χ0) is 15.2. The van der Waals surface area contributed by atoms with Crippen LogP contribution in [0.15, 0.2) is 42.5 Å². The maximum Gasteiger partial charge on any atom is 0.137 e. The third-order valence-electron chi connectivity index (χ3n) is 3.30. The first-order valence-electron chi connectivity index (χ1n) is 6.88. The third-order valence-corrected chi connectivity index (χ3v) is 3.83. The summed E-state index contributed by atoms with van der Waals surface area (Å²) in [6.07, 6.45) is 0.935. The molecule has 2 aromatic rings. The van der Waals surface area contributed by atoms with Gasteiger partial charge in [-0.3, -0.25) is 0 Å². The lowest BCUT2D eigenvalue weighted by Gasteiger charge is -2.15. The first kappa shape index (κ1) is 16.2. The van der Waals surface area contributed by atoms with Crippen LogP contribution < -0.4 is 10.1 Å². The maximum absolute atomic E-state index is 6.12. The number of ether oxygens (including phenoxy) is 1. The van der Waals surface area contributed by atoms with Crippen molar-refractivity contribution in [2.75, 3.05) is 7.11 Å². The van der Waals surface area contributed by atoms with E-state index in [0.717, 1.165) is 23.6 Å². The summed E-state index contributed by atoms with van der Waals surface area (Å²) >= 11 is 12.1. The number of hydrogen-bond donors (Lipinski definition) is 1. The average Bonchev–Trinajstić information content (AvgIpc) is 2.45. The van der Waals surface area contributed by atoms with Crippen LogP contribution >= 0.6 is 23.2 Å². The van der Waals surface area contributed by atoms with Crippen molar-refractivity contribution in [3.8, 4) is 5.75 Å². The van der Waals surface area contributed by atoms with Crippen molar-refractivity contribution in [3.05, 3.63) is 63.6 Å². The summed E-state index contributed by atoms with van der Waals surface area (Å²) in [6.45, 7) is 2.93. The van der Waals surface area contributed by atoms with E-state index in [2.05, 4.69) is 18.3 Å². The van der Waals surface area contributed by atoms with Crippen molar-refractivity contribution in [3.63, 3.8) is 0 Å². The van der Waals surface area contributed by atoms with Crippen molar-refractivity contribution in [2.45, 2.75) is 25.9 Å². The maximum atomic E-state index is 6.12. The number of rotatable bonds is 6. The molecule has 4 heteroatoms. The third kappa shape index (κ3) is 4.92. The van der Waals surface area contributed by atoms with Gasteiger partial charge in [0.2, 0.25) is 0 Å². The minimum absolute atomic E-state index is 0.351. The van der Waals surface area contributed by atoms with E-state index in [-0.39, 0.29) is 0 Å². The van der Waals surface area contributed by atoms with E-state index < -0.39 is 0 Å². The predicted molar refractivity (Wildman–Crippen MR) is 89.5 cm³/mol. The van der Waals surface area contributed by atoms with E-state index in [0.29, 0.717) is 16.8 Å². The van der Waals surface area contributed by atoms with Crippen molar-refractivity contribution in [1.29, 1.82) is 0 Å². The molecule has 0 fully saturated rings. The lowest BCUT2D eigenvalue weighted by Crippen LogP contribution is -2.27. The normalized spacial score (nSPS) is 12.2. The summed E-state index contributed by atoms with van der Waals surface area (Å²) in [5.74, 6) is 0.701. The molecule has 2 nitrogen and oxygen atoms in total. The standard InChI is InChI=1S/C17H19Cl2NO/c1-12(8-13-4-3-5-15(18)9-13)20-11-14-6-7-17(21-2)16(19)10-14/h3-7,9-10,12,20H,8,11H2,1-2H3. The van der Waals surface area contributed by atoms with Gasteiger partial charge in [0.05, 0.1) is 12.1 Å². The number of halogens is 2. The topological polar surface area (TPSA) is 21.3 Å². The molecule has 0 bridgehead atoms. The highest BCUT2D eigenvalue weighted by molar-refractivity contribution is 6.32.